The molecule has 1 N–H and O–H groups in total. The molecule has 1 heterocycles. The summed E-state index contributed by atoms with van der Waals surface area (Å²) in [4.78, 5) is 0. The van der Waals surface area contributed by atoms with Gasteiger partial charge in [-0.05, 0) is 0 Å². The van der Waals surface area contributed by atoms with Crippen LogP contribution >= 0.6 is 21.6 Å². The normalized spacial score (nSPS) is 20.8. The van der Waals surface area contributed by atoms with Crippen LogP contribution in [0.3, 0.4) is 0 Å². The molecule has 0 atom stereocenters. The molecule has 1 aliphatic heterocycles. The molecule has 0 aliphatic carbocycles. The van der Waals surface area contributed by atoms with Crippen LogP contribution < -0.4 is 5.48 Å². The first kappa shape index (κ1) is 3.42. The van der Waals surface area contributed by atoms with Gasteiger partial charge in [-0.2, -0.15) is 0 Å². The molecule has 0 aromatic carbocycles. The van der Waals surface area contributed by atoms with Crippen molar-refractivity contribution in [1.29, 1.82) is 0 Å². The van der Waals surface area contributed by atoms with Gasteiger partial charge in [-0.15, -0.1) is 0 Å². The van der Waals surface area contributed by atoms with E-state index in [1.165, 1.54) is 0 Å². The van der Waals surface area contributed by atoms with E-state index in [4.69, 9.17) is 3.17 Å². The second-order valence-corrected chi connectivity index (χ2v) is 2.40. The third kappa shape index (κ3) is 0.769. The second-order valence-electron chi connectivity index (χ2n) is 0.600. The Morgan fingerprint density at radius 3 is 3.00 bits per heavy atom. The standard InChI is InChI=1S/C2H4INO/c1-2-4-5-3-1/h1-4H. The van der Waals surface area contributed by atoms with Crippen LogP contribution in [0.1, 0.15) is 0 Å². The second kappa shape index (κ2) is 1.61. The van der Waals surface area contributed by atoms with Gasteiger partial charge >= 0.3 is 40.5 Å². The summed E-state index contributed by atoms with van der Waals surface area (Å²) in [6.45, 7) is 0. The van der Waals surface area contributed by atoms with Crippen LogP contribution in [0.15, 0.2) is 10.3 Å². The molecular formula is C2H4INO. The summed E-state index contributed by atoms with van der Waals surface area (Å²) in [5, 5.41) is 0. The molecule has 0 aromatic rings. The minimum absolute atomic E-state index is 0.187. The van der Waals surface area contributed by atoms with E-state index < -0.39 is 0 Å². The number of hydrogen-bond donors (Lipinski definition) is 1. The SMILES string of the molecule is C1=C[IH]ON1. The predicted octanol–water partition coefficient (Wildman–Crippen LogP) is 0.610. The van der Waals surface area contributed by atoms with Crippen molar-refractivity contribution in [1.82, 2.24) is 5.48 Å². The first-order chi connectivity index (χ1) is 2.50. The average molecular weight is 185 g/mol. The van der Waals surface area contributed by atoms with Crippen LogP contribution in [0.2, 0.25) is 0 Å². The summed E-state index contributed by atoms with van der Waals surface area (Å²) in [5.74, 6) is 0. The van der Waals surface area contributed by atoms with Crippen molar-refractivity contribution in [3.05, 3.63) is 10.3 Å². The summed E-state index contributed by atoms with van der Waals surface area (Å²) in [6.07, 6.45) is 1.82. The van der Waals surface area contributed by atoms with Crippen molar-refractivity contribution in [2.24, 2.45) is 0 Å². The fraction of sp³-hybridized carbons (Fsp3) is 0. The van der Waals surface area contributed by atoms with Gasteiger partial charge in [0, 0.05) is 0 Å². The number of hydroxylamine groups is 1. The maximum absolute atomic E-state index is 4.71. The molecule has 0 fully saturated rings. The molecular weight excluding hydrogens is 181 g/mol. The molecule has 2 nitrogen and oxygen atoms in total. The minimum atomic E-state index is -0.187. The van der Waals surface area contributed by atoms with Gasteiger partial charge in [0.25, 0.3) is 0 Å². The van der Waals surface area contributed by atoms with E-state index in [1.807, 2.05) is 10.3 Å². The van der Waals surface area contributed by atoms with E-state index in [9.17, 15) is 0 Å². The van der Waals surface area contributed by atoms with Crippen molar-refractivity contribution >= 4 is 21.6 Å². The molecule has 0 saturated heterocycles. The number of rotatable bonds is 0. The Labute approximate surface area is 41.0 Å². The van der Waals surface area contributed by atoms with Crippen LogP contribution in [0, 0.1) is 0 Å². The van der Waals surface area contributed by atoms with Gasteiger partial charge in [0.2, 0.25) is 0 Å². The van der Waals surface area contributed by atoms with Gasteiger partial charge in [0.15, 0.2) is 0 Å². The molecule has 1 rings (SSSR count). The van der Waals surface area contributed by atoms with E-state index in [0.29, 0.717) is 0 Å². The quantitative estimate of drug-likeness (QED) is 0.558. The Bertz CT molecular complexity index is 47.6. The predicted molar refractivity (Wildman–Crippen MR) is 28.8 cm³/mol. The van der Waals surface area contributed by atoms with Crippen molar-refractivity contribution in [3.63, 3.8) is 0 Å². The van der Waals surface area contributed by atoms with Crippen molar-refractivity contribution < 1.29 is 3.17 Å². The summed E-state index contributed by atoms with van der Waals surface area (Å²) in [6, 6.07) is 0. The zero-order chi connectivity index (χ0) is 3.54. The molecule has 0 aromatic heterocycles. The molecule has 0 amide bonds. The Morgan fingerprint density at radius 1 is 1.80 bits per heavy atom. The fourth-order valence-electron chi connectivity index (χ4n) is 0.139. The van der Waals surface area contributed by atoms with Gasteiger partial charge in [-0.25, -0.2) is 0 Å². The van der Waals surface area contributed by atoms with Crippen molar-refractivity contribution in [2.75, 3.05) is 0 Å². The van der Waals surface area contributed by atoms with E-state index in [1.54, 1.807) is 0 Å². The summed E-state index contributed by atoms with van der Waals surface area (Å²) >= 11 is -0.187. The van der Waals surface area contributed by atoms with Crippen molar-refractivity contribution in [3.8, 4) is 0 Å². The third-order valence-corrected chi connectivity index (χ3v) is 1.54. The third-order valence-electron chi connectivity index (χ3n) is 0.288. The molecule has 0 radical (unpaired) electrons. The van der Waals surface area contributed by atoms with Gasteiger partial charge in [-0.1, -0.05) is 0 Å². The Balaban J connectivity index is 2.32. The number of halogens is 1. The summed E-state index contributed by atoms with van der Waals surface area (Å²) < 4.78 is 6.75. The van der Waals surface area contributed by atoms with Gasteiger partial charge in [-0.3, -0.25) is 0 Å². The summed E-state index contributed by atoms with van der Waals surface area (Å²) in [7, 11) is 0. The van der Waals surface area contributed by atoms with Gasteiger partial charge in [0.1, 0.15) is 0 Å². The molecule has 0 unspecified atom stereocenters. The van der Waals surface area contributed by atoms with Gasteiger partial charge in [0.05, 0.1) is 0 Å². The molecule has 1 aliphatic rings. The zero-order valence-corrected chi connectivity index (χ0v) is 4.80. The Kier molecular flexibility index (Phi) is 1.10. The zero-order valence-electron chi connectivity index (χ0n) is 2.47. The molecule has 0 saturated carbocycles. The van der Waals surface area contributed by atoms with Crippen LogP contribution in [-0.2, 0) is 3.17 Å². The monoisotopic (exact) mass is 185 g/mol. The van der Waals surface area contributed by atoms with Gasteiger partial charge < -0.3 is 0 Å². The van der Waals surface area contributed by atoms with E-state index in [0.717, 1.165) is 0 Å². The van der Waals surface area contributed by atoms with Crippen LogP contribution in [0.5, 0.6) is 0 Å². The van der Waals surface area contributed by atoms with E-state index in [2.05, 4.69) is 5.48 Å². The summed E-state index contributed by atoms with van der Waals surface area (Å²) in [5.41, 5.74) is 2.60. The van der Waals surface area contributed by atoms with Crippen LogP contribution in [0.4, 0.5) is 0 Å². The number of nitrogens with one attached hydrogen (secondary N) is 1. The molecule has 5 heavy (non-hydrogen) atoms. The molecule has 0 spiro atoms. The molecule has 30 valence electrons. The number of hydrogen-bond acceptors (Lipinski definition) is 2. The topological polar surface area (TPSA) is 21.3 Å². The fourth-order valence-corrected chi connectivity index (χ4v) is 0.932. The Morgan fingerprint density at radius 2 is 2.80 bits per heavy atom. The average Bonchev–Trinajstić information content (AvgIpc) is 1.76. The van der Waals surface area contributed by atoms with E-state index >= 15 is 0 Å². The Hall–Kier alpha value is 0.230. The first-order valence-electron chi connectivity index (χ1n) is 1.23. The van der Waals surface area contributed by atoms with Crippen molar-refractivity contribution in [2.45, 2.75) is 0 Å². The van der Waals surface area contributed by atoms with Crippen LogP contribution in [-0.4, -0.2) is 0 Å². The molecule has 0 bridgehead atoms. The van der Waals surface area contributed by atoms with E-state index in [-0.39, 0.29) is 21.6 Å². The first-order valence-corrected chi connectivity index (χ1v) is 3.53. The van der Waals surface area contributed by atoms with Crippen LogP contribution in [0.25, 0.3) is 0 Å². The maximum atomic E-state index is 4.71. The molecule has 3 heteroatoms.